The van der Waals surface area contributed by atoms with Crippen molar-refractivity contribution in [2.75, 3.05) is 20.3 Å². The molecule has 1 atom stereocenters. The summed E-state index contributed by atoms with van der Waals surface area (Å²) < 4.78 is 24.3. The number of hydrogen-bond donors (Lipinski definition) is 0. The van der Waals surface area contributed by atoms with Crippen LogP contribution >= 0.6 is 7.60 Å². The molecule has 0 fully saturated rings. The molecule has 4 nitrogen and oxygen atoms in total. The zero-order valence-electron chi connectivity index (χ0n) is 14.1. The first-order valence-corrected chi connectivity index (χ1v) is 8.63. The van der Waals surface area contributed by atoms with Gasteiger partial charge >= 0.3 is 7.60 Å². The second-order valence-corrected chi connectivity index (χ2v) is 8.98. The molecule has 0 aliphatic carbocycles. The van der Waals surface area contributed by atoms with Crippen LogP contribution < -0.4 is 0 Å². The van der Waals surface area contributed by atoms with Crippen LogP contribution in [0.4, 0.5) is 0 Å². The lowest BCUT2D eigenvalue weighted by Gasteiger charge is -2.46. The molecule has 5 heteroatoms. The van der Waals surface area contributed by atoms with Crippen LogP contribution in [0.5, 0.6) is 0 Å². The van der Waals surface area contributed by atoms with Gasteiger partial charge in [-0.2, -0.15) is 0 Å². The van der Waals surface area contributed by atoms with E-state index in [1.165, 1.54) is 0 Å². The summed E-state index contributed by atoms with van der Waals surface area (Å²) in [7, 11) is -1.19. The largest absolute Gasteiger partial charge is 0.348 e. The Hall–Kier alpha value is 0.110. The first-order chi connectivity index (χ1) is 8.40. The van der Waals surface area contributed by atoms with E-state index in [9.17, 15) is 4.57 Å². The summed E-state index contributed by atoms with van der Waals surface area (Å²) in [5.74, 6) is -0.278. The Kier molecular flexibility index (Phi) is 6.75. The highest BCUT2D eigenvalue weighted by Crippen LogP contribution is 2.60. The van der Waals surface area contributed by atoms with E-state index >= 15 is 0 Å². The average molecular weight is 293 g/mol. The van der Waals surface area contributed by atoms with Crippen molar-refractivity contribution in [2.45, 2.75) is 66.7 Å². The summed E-state index contributed by atoms with van der Waals surface area (Å²) in [4.78, 5) is 2.11. The highest BCUT2D eigenvalue weighted by molar-refractivity contribution is 7.54. The van der Waals surface area contributed by atoms with E-state index in [1.807, 2.05) is 20.9 Å². The molecule has 0 amide bonds. The second-order valence-electron chi connectivity index (χ2n) is 6.90. The van der Waals surface area contributed by atoms with Gasteiger partial charge in [-0.25, -0.2) is 0 Å². The molecule has 0 radical (unpaired) electrons. The molecule has 0 aliphatic rings. The monoisotopic (exact) mass is 293 g/mol. The van der Waals surface area contributed by atoms with Crippen molar-refractivity contribution in [3.63, 3.8) is 0 Å². The topological polar surface area (TPSA) is 38.8 Å². The van der Waals surface area contributed by atoms with Gasteiger partial charge in [0.2, 0.25) is 0 Å². The molecule has 0 aliphatic heterocycles. The molecule has 0 spiro atoms. The minimum absolute atomic E-state index is 0.109. The second kappa shape index (κ2) is 6.71. The van der Waals surface area contributed by atoms with E-state index in [-0.39, 0.29) is 16.7 Å². The van der Waals surface area contributed by atoms with Gasteiger partial charge in [0, 0.05) is 5.54 Å². The van der Waals surface area contributed by atoms with Crippen LogP contribution in [0, 0.1) is 5.41 Å². The van der Waals surface area contributed by atoms with E-state index in [1.54, 1.807) is 0 Å². The van der Waals surface area contributed by atoms with E-state index in [0.717, 1.165) is 0 Å². The van der Waals surface area contributed by atoms with Crippen molar-refractivity contribution in [2.24, 2.45) is 5.41 Å². The Balaban J connectivity index is 5.64. The van der Waals surface area contributed by atoms with E-state index in [0.29, 0.717) is 13.2 Å². The predicted octanol–water partition coefficient (Wildman–Crippen LogP) is 4.36. The molecule has 19 heavy (non-hydrogen) atoms. The molecular formula is C14H32NO3P. The lowest BCUT2D eigenvalue weighted by molar-refractivity contribution is 0.0644. The fourth-order valence-corrected chi connectivity index (χ4v) is 4.97. The summed E-state index contributed by atoms with van der Waals surface area (Å²) in [6, 6.07) is 0. The first-order valence-electron chi connectivity index (χ1n) is 7.02. The molecule has 0 aromatic heterocycles. The first kappa shape index (κ1) is 19.1. The lowest BCUT2D eigenvalue weighted by Crippen LogP contribution is -2.51. The summed E-state index contributed by atoms with van der Waals surface area (Å²) in [6.45, 7) is 17.0. The Labute approximate surface area is 119 Å². The predicted molar refractivity (Wildman–Crippen MR) is 81.6 cm³/mol. The van der Waals surface area contributed by atoms with Crippen LogP contribution in [0.25, 0.3) is 0 Å². The van der Waals surface area contributed by atoms with Crippen molar-refractivity contribution >= 4 is 7.60 Å². The van der Waals surface area contributed by atoms with Gasteiger partial charge in [-0.1, -0.05) is 20.8 Å². The Morgan fingerprint density at radius 2 is 1.37 bits per heavy atom. The quantitative estimate of drug-likeness (QED) is 0.682. The Bertz CT molecular complexity index is 308. The maximum absolute atomic E-state index is 13.2. The summed E-state index contributed by atoms with van der Waals surface area (Å²) in [5, 5.41) is 0. The van der Waals surface area contributed by atoms with Crippen LogP contribution in [0.2, 0.25) is 0 Å². The van der Waals surface area contributed by atoms with Crippen molar-refractivity contribution in [1.29, 1.82) is 0 Å². The molecule has 0 aromatic rings. The van der Waals surface area contributed by atoms with Gasteiger partial charge < -0.3 is 9.05 Å². The van der Waals surface area contributed by atoms with Gasteiger partial charge in [-0.15, -0.1) is 0 Å². The normalized spacial score (nSPS) is 15.9. The molecule has 0 bridgehead atoms. The highest BCUT2D eigenvalue weighted by atomic mass is 31.2. The standard InChI is InChI=1S/C14H32NO3P/c1-10-17-19(16,18-11-2)12(13(3,4)5)15(9)14(6,7)8/h12H,10-11H2,1-9H3. The molecular weight excluding hydrogens is 261 g/mol. The molecule has 0 saturated carbocycles. The van der Waals surface area contributed by atoms with Crippen molar-refractivity contribution in [3.8, 4) is 0 Å². The Morgan fingerprint density at radius 1 is 1.00 bits per heavy atom. The third-order valence-electron chi connectivity index (χ3n) is 3.12. The van der Waals surface area contributed by atoms with Gasteiger partial charge in [-0.05, 0) is 47.1 Å². The average Bonchev–Trinajstić information content (AvgIpc) is 2.13. The maximum Gasteiger partial charge on any atom is 0.348 e. The van der Waals surface area contributed by atoms with E-state index in [4.69, 9.17) is 9.05 Å². The molecule has 0 rings (SSSR count). The zero-order valence-corrected chi connectivity index (χ0v) is 15.0. The van der Waals surface area contributed by atoms with Crippen LogP contribution in [0.1, 0.15) is 55.4 Å². The number of hydrogen-bond acceptors (Lipinski definition) is 4. The highest BCUT2D eigenvalue weighted by Gasteiger charge is 2.48. The zero-order chi connectivity index (χ0) is 15.5. The molecule has 0 N–H and O–H groups in total. The van der Waals surface area contributed by atoms with Gasteiger partial charge in [0.05, 0.1) is 13.2 Å². The minimum atomic E-state index is -3.18. The Morgan fingerprint density at radius 3 is 1.58 bits per heavy atom. The van der Waals surface area contributed by atoms with Crippen LogP contribution in [0.3, 0.4) is 0 Å². The van der Waals surface area contributed by atoms with E-state index < -0.39 is 7.60 Å². The summed E-state index contributed by atoms with van der Waals surface area (Å²) in [6.07, 6.45) is 0. The SMILES string of the molecule is CCOP(=O)(OCC)C(N(C)C(C)(C)C)C(C)(C)C. The van der Waals surface area contributed by atoms with Crippen molar-refractivity contribution < 1.29 is 13.6 Å². The minimum Gasteiger partial charge on any atom is -0.308 e. The van der Waals surface area contributed by atoms with Crippen LogP contribution in [-0.4, -0.2) is 36.5 Å². The van der Waals surface area contributed by atoms with Gasteiger partial charge in [0.25, 0.3) is 0 Å². The number of nitrogens with zero attached hydrogens (tertiary/aromatic N) is 1. The fraction of sp³-hybridized carbons (Fsp3) is 1.00. The maximum atomic E-state index is 13.2. The summed E-state index contributed by atoms with van der Waals surface area (Å²) in [5.41, 5.74) is -0.316. The third kappa shape index (κ3) is 5.18. The van der Waals surface area contributed by atoms with Gasteiger partial charge in [-0.3, -0.25) is 9.46 Å². The molecule has 0 saturated heterocycles. The molecule has 0 aromatic carbocycles. The van der Waals surface area contributed by atoms with Gasteiger partial charge in [0.15, 0.2) is 0 Å². The number of rotatable bonds is 6. The smallest absolute Gasteiger partial charge is 0.308 e. The van der Waals surface area contributed by atoms with Gasteiger partial charge in [0.1, 0.15) is 5.78 Å². The lowest BCUT2D eigenvalue weighted by atomic mass is 9.93. The van der Waals surface area contributed by atoms with Crippen molar-refractivity contribution in [3.05, 3.63) is 0 Å². The van der Waals surface area contributed by atoms with Crippen molar-refractivity contribution in [1.82, 2.24) is 4.90 Å². The molecule has 1 unspecified atom stereocenters. The summed E-state index contributed by atoms with van der Waals surface area (Å²) >= 11 is 0. The van der Waals surface area contributed by atoms with Crippen LogP contribution in [-0.2, 0) is 13.6 Å². The third-order valence-corrected chi connectivity index (χ3v) is 6.07. The van der Waals surface area contributed by atoms with E-state index in [2.05, 4.69) is 46.4 Å². The van der Waals surface area contributed by atoms with Crippen LogP contribution in [0.15, 0.2) is 0 Å². The molecule has 0 heterocycles. The fourth-order valence-electron chi connectivity index (χ4n) is 2.17. The molecule has 116 valence electrons.